The number of benzene rings is 1. The van der Waals surface area contributed by atoms with Crippen molar-refractivity contribution in [3.63, 3.8) is 0 Å². The van der Waals surface area contributed by atoms with Crippen molar-refractivity contribution in [1.82, 2.24) is 15.1 Å². The highest BCUT2D eigenvalue weighted by atomic mass is 79.9. The first-order valence-electron chi connectivity index (χ1n) is 6.30. The van der Waals surface area contributed by atoms with Gasteiger partial charge in [-0.25, -0.2) is 0 Å². The second-order valence-corrected chi connectivity index (χ2v) is 6.60. The Morgan fingerprint density at radius 2 is 1.95 bits per heavy atom. The molecule has 0 aliphatic heterocycles. The van der Waals surface area contributed by atoms with Crippen LogP contribution in [0.4, 0.5) is 0 Å². The van der Waals surface area contributed by atoms with Crippen LogP contribution in [0.25, 0.3) is 0 Å². The number of halogens is 3. The lowest BCUT2D eigenvalue weighted by molar-refractivity contribution is 0.484. The van der Waals surface area contributed by atoms with Gasteiger partial charge in [0.2, 0.25) is 0 Å². The zero-order chi connectivity index (χ0) is 14.9. The monoisotopic (exact) mass is 375 g/mol. The molecule has 1 heterocycles. The van der Waals surface area contributed by atoms with Crippen molar-refractivity contribution < 1.29 is 0 Å². The number of rotatable bonds is 4. The highest BCUT2D eigenvalue weighted by Crippen LogP contribution is 2.32. The summed E-state index contributed by atoms with van der Waals surface area (Å²) in [5.74, 6) is 0. The Bertz CT molecular complexity index is 590. The molecular weight excluding hydrogens is 361 g/mol. The van der Waals surface area contributed by atoms with Gasteiger partial charge < -0.3 is 5.32 Å². The molecule has 0 radical (unpaired) electrons. The molecule has 20 heavy (non-hydrogen) atoms. The summed E-state index contributed by atoms with van der Waals surface area (Å²) in [7, 11) is 1.90. The minimum Gasteiger partial charge on any atom is -0.308 e. The smallest absolute Gasteiger partial charge is 0.0837 e. The summed E-state index contributed by atoms with van der Waals surface area (Å²) >= 11 is 15.9. The van der Waals surface area contributed by atoms with Gasteiger partial charge >= 0.3 is 0 Å². The topological polar surface area (TPSA) is 29.9 Å². The Morgan fingerprint density at radius 1 is 1.25 bits per heavy atom. The Balaban J connectivity index is 2.55. The second kappa shape index (κ2) is 6.48. The van der Waals surface area contributed by atoms with Gasteiger partial charge in [0.15, 0.2) is 0 Å². The van der Waals surface area contributed by atoms with Crippen LogP contribution in [-0.4, -0.2) is 16.8 Å². The van der Waals surface area contributed by atoms with E-state index in [1.807, 2.05) is 29.9 Å². The van der Waals surface area contributed by atoms with Gasteiger partial charge in [-0.05, 0) is 44.7 Å². The zero-order valence-corrected chi connectivity index (χ0v) is 14.6. The van der Waals surface area contributed by atoms with Gasteiger partial charge in [0.1, 0.15) is 0 Å². The fourth-order valence-electron chi connectivity index (χ4n) is 2.24. The SMILES string of the molecule is CNC(c1cc(Cl)cc(Br)c1)c1c(Cl)cnn1C(C)C. The molecule has 0 bridgehead atoms. The maximum Gasteiger partial charge on any atom is 0.0837 e. The lowest BCUT2D eigenvalue weighted by Crippen LogP contribution is -2.22. The van der Waals surface area contributed by atoms with E-state index in [9.17, 15) is 0 Å². The quantitative estimate of drug-likeness (QED) is 0.827. The van der Waals surface area contributed by atoms with E-state index in [0.29, 0.717) is 10.0 Å². The third-order valence-electron chi connectivity index (χ3n) is 3.06. The lowest BCUT2D eigenvalue weighted by Gasteiger charge is -2.21. The Kier molecular flexibility index (Phi) is 5.13. The van der Waals surface area contributed by atoms with Gasteiger partial charge in [-0.1, -0.05) is 39.1 Å². The molecule has 0 saturated carbocycles. The molecule has 1 N–H and O–H groups in total. The number of aromatic nitrogens is 2. The second-order valence-electron chi connectivity index (χ2n) is 4.84. The van der Waals surface area contributed by atoms with Crippen LogP contribution in [0.2, 0.25) is 10.0 Å². The minimum atomic E-state index is -0.0672. The van der Waals surface area contributed by atoms with Crippen molar-refractivity contribution in [2.45, 2.75) is 25.9 Å². The van der Waals surface area contributed by atoms with Crippen molar-refractivity contribution in [2.24, 2.45) is 0 Å². The molecule has 1 unspecified atom stereocenters. The van der Waals surface area contributed by atoms with Gasteiger partial charge in [0, 0.05) is 15.5 Å². The van der Waals surface area contributed by atoms with Crippen LogP contribution >= 0.6 is 39.1 Å². The van der Waals surface area contributed by atoms with Gasteiger partial charge in [-0.2, -0.15) is 5.10 Å². The maximum atomic E-state index is 6.32. The summed E-state index contributed by atoms with van der Waals surface area (Å²) in [6, 6.07) is 5.99. The first-order chi connectivity index (χ1) is 9.43. The van der Waals surface area contributed by atoms with Gasteiger partial charge in [-0.3, -0.25) is 4.68 Å². The minimum absolute atomic E-state index is 0.0672. The molecule has 1 atom stereocenters. The summed E-state index contributed by atoms with van der Waals surface area (Å²) < 4.78 is 2.87. The summed E-state index contributed by atoms with van der Waals surface area (Å²) in [6.45, 7) is 4.15. The molecule has 3 nitrogen and oxygen atoms in total. The van der Waals surface area contributed by atoms with Crippen LogP contribution in [0.5, 0.6) is 0 Å². The predicted octanol–water partition coefficient (Wildman–Crippen LogP) is 4.84. The molecule has 0 aliphatic rings. The summed E-state index contributed by atoms with van der Waals surface area (Å²) in [6.07, 6.45) is 1.68. The lowest BCUT2D eigenvalue weighted by atomic mass is 10.0. The molecule has 0 aliphatic carbocycles. The van der Waals surface area contributed by atoms with Crippen molar-refractivity contribution in [2.75, 3.05) is 7.05 Å². The van der Waals surface area contributed by atoms with Crippen LogP contribution < -0.4 is 5.32 Å². The summed E-state index contributed by atoms with van der Waals surface area (Å²) in [4.78, 5) is 0. The summed E-state index contributed by atoms with van der Waals surface area (Å²) in [5.41, 5.74) is 1.98. The first kappa shape index (κ1) is 15.8. The fourth-order valence-corrected chi connectivity index (χ4v) is 3.36. The molecule has 0 saturated heterocycles. The Morgan fingerprint density at radius 3 is 2.50 bits per heavy atom. The van der Waals surface area contributed by atoms with Crippen LogP contribution in [0.1, 0.15) is 37.2 Å². The number of hydrogen-bond donors (Lipinski definition) is 1. The predicted molar refractivity (Wildman–Crippen MR) is 87.7 cm³/mol. The highest BCUT2D eigenvalue weighted by Gasteiger charge is 2.22. The zero-order valence-electron chi connectivity index (χ0n) is 11.5. The van der Waals surface area contributed by atoms with Crippen molar-refractivity contribution in [1.29, 1.82) is 0 Å². The van der Waals surface area contributed by atoms with Crippen LogP contribution in [0, 0.1) is 0 Å². The normalized spacial score (nSPS) is 12.9. The van der Waals surface area contributed by atoms with E-state index in [4.69, 9.17) is 23.2 Å². The molecule has 1 aromatic carbocycles. The van der Waals surface area contributed by atoms with E-state index in [1.54, 1.807) is 6.20 Å². The maximum absolute atomic E-state index is 6.32. The van der Waals surface area contributed by atoms with Gasteiger partial charge in [0.05, 0.1) is 23.0 Å². The number of nitrogens with one attached hydrogen (secondary N) is 1. The van der Waals surface area contributed by atoms with Crippen molar-refractivity contribution in [3.8, 4) is 0 Å². The fraction of sp³-hybridized carbons (Fsp3) is 0.357. The van der Waals surface area contributed by atoms with Crippen molar-refractivity contribution in [3.05, 3.63) is 50.2 Å². The molecule has 0 fully saturated rings. The van der Waals surface area contributed by atoms with Gasteiger partial charge in [-0.15, -0.1) is 0 Å². The molecule has 0 amide bonds. The third kappa shape index (κ3) is 3.19. The first-order valence-corrected chi connectivity index (χ1v) is 7.85. The molecule has 0 spiro atoms. The molecule has 2 rings (SSSR count). The van der Waals surface area contributed by atoms with Crippen LogP contribution in [0.15, 0.2) is 28.9 Å². The molecule has 2 aromatic rings. The van der Waals surface area contributed by atoms with Crippen molar-refractivity contribution >= 4 is 39.1 Å². The molecule has 1 aromatic heterocycles. The Hall–Kier alpha value is -0.550. The van der Waals surface area contributed by atoms with E-state index in [0.717, 1.165) is 15.7 Å². The number of hydrogen-bond acceptors (Lipinski definition) is 2. The highest BCUT2D eigenvalue weighted by molar-refractivity contribution is 9.10. The Labute approximate surface area is 137 Å². The molecule has 6 heteroatoms. The van der Waals surface area contributed by atoms with E-state index >= 15 is 0 Å². The van der Waals surface area contributed by atoms with Crippen LogP contribution in [0.3, 0.4) is 0 Å². The van der Waals surface area contributed by atoms with Crippen LogP contribution in [-0.2, 0) is 0 Å². The van der Waals surface area contributed by atoms with E-state index in [2.05, 4.69) is 40.2 Å². The average Bonchev–Trinajstić information content (AvgIpc) is 2.72. The van der Waals surface area contributed by atoms with E-state index < -0.39 is 0 Å². The molecular formula is C14H16BrCl2N3. The third-order valence-corrected chi connectivity index (χ3v) is 4.02. The average molecular weight is 377 g/mol. The van der Waals surface area contributed by atoms with E-state index in [1.165, 1.54) is 0 Å². The number of nitrogens with zero attached hydrogens (tertiary/aromatic N) is 2. The molecule has 108 valence electrons. The summed E-state index contributed by atoms with van der Waals surface area (Å²) in [5, 5.41) is 8.97. The van der Waals surface area contributed by atoms with Gasteiger partial charge in [0.25, 0.3) is 0 Å². The van der Waals surface area contributed by atoms with E-state index in [-0.39, 0.29) is 12.1 Å². The largest absolute Gasteiger partial charge is 0.308 e. The standard InChI is InChI=1S/C14H16BrCl2N3/c1-8(2)20-14(12(17)7-19-20)13(18-3)9-4-10(15)6-11(16)5-9/h4-8,13,18H,1-3H3.